The summed E-state index contributed by atoms with van der Waals surface area (Å²) in [6.07, 6.45) is 2.42. The highest BCUT2D eigenvalue weighted by Crippen LogP contribution is 2.09. The molecule has 1 heterocycles. The molecular formula is C14H21ClN2O. The van der Waals surface area contributed by atoms with Gasteiger partial charge in [0.15, 0.2) is 0 Å². The van der Waals surface area contributed by atoms with E-state index in [0.717, 1.165) is 25.2 Å². The van der Waals surface area contributed by atoms with Gasteiger partial charge < -0.3 is 10.6 Å². The molecule has 0 aliphatic carbocycles. The average molecular weight is 269 g/mol. The standard InChI is InChI=1S/C14H20N2O.ClH/c1-11-4-6-13(7-5-11)14(17)16-10-12-3-2-8-15-9-12;/h4-7,12,15H,2-3,8-10H2,1H3,(H,16,17);1H. The second-order valence-electron chi connectivity index (χ2n) is 4.79. The number of carbonyl (C=O) groups excluding carboxylic acids is 1. The number of carbonyl (C=O) groups is 1. The first kappa shape index (κ1) is 15.0. The number of nitrogens with one attached hydrogen (secondary N) is 2. The van der Waals surface area contributed by atoms with Crippen LogP contribution in [0.5, 0.6) is 0 Å². The van der Waals surface area contributed by atoms with Crippen molar-refractivity contribution in [1.29, 1.82) is 0 Å². The van der Waals surface area contributed by atoms with E-state index in [9.17, 15) is 4.79 Å². The summed E-state index contributed by atoms with van der Waals surface area (Å²) >= 11 is 0. The predicted molar refractivity (Wildman–Crippen MR) is 76.4 cm³/mol. The molecule has 1 atom stereocenters. The summed E-state index contributed by atoms with van der Waals surface area (Å²) in [7, 11) is 0. The highest BCUT2D eigenvalue weighted by molar-refractivity contribution is 5.94. The lowest BCUT2D eigenvalue weighted by Gasteiger charge is -2.22. The minimum absolute atomic E-state index is 0. The zero-order valence-electron chi connectivity index (χ0n) is 10.7. The fraction of sp³-hybridized carbons (Fsp3) is 0.500. The first-order valence-corrected chi connectivity index (χ1v) is 6.31. The van der Waals surface area contributed by atoms with E-state index in [4.69, 9.17) is 0 Å². The molecule has 3 nitrogen and oxygen atoms in total. The van der Waals surface area contributed by atoms with Gasteiger partial charge in [-0.05, 0) is 50.9 Å². The zero-order chi connectivity index (χ0) is 12.1. The van der Waals surface area contributed by atoms with Gasteiger partial charge >= 0.3 is 0 Å². The summed E-state index contributed by atoms with van der Waals surface area (Å²) in [5, 5.41) is 6.36. The Morgan fingerprint density at radius 1 is 1.39 bits per heavy atom. The molecule has 0 saturated carbocycles. The van der Waals surface area contributed by atoms with Crippen LogP contribution in [-0.4, -0.2) is 25.5 Å². The van der Waals surface area contributed by atoms with E-state index >= 15 is 0 Å². The van der Waals surface area contributed by atoms with Crippen LogP contribution in [0, 0.1) is 12.8 Å². The summed E-state index contributed by atoms with van der Waals surface area (Å²) < 4.78 is 0. The van der Waals surface area contributed by atoms with Gasteiger partial charge in [0, 0.05) is 12.1 Å². The molecule has 0 spiro atoms. The molecule has 1 fully saturated rings. The van der Waals surface area contributed by atoms with Crippen LogP contribution in [-0.2, 0) is 0 Å². The maximum Gasteiger partial charge on any atom is 0.251 e. The Morgan fingerprint density at radius 3 is 2.72 bits per heavy atom. The van der Waals surface area contributed by atoms with Gasteiger partial charge in [-0.1, -0.05) is 17.7 Å². The monoisotopic (exact) mass is 268 g/mol. The number of amides is 1. The van der Waals surface area contributed by atoms with Gasteiger partial charge in [-0.25, -0.2) is 0 Å². The third kappa shape index (κ3) is 4.31. The minimum Gasteiger partial charge on any atom is -0.352 e. The minimum atomic E-state index is 0. The van der Waals surface area contributed by atoms with Gasteiger partial charge in [-0.15, -0.1) is 12.4 Å². The van der Waals surface area contributed by atoms with Crippen molar-refractivity contribution in [2.24, 2.45) is 5.92 Å². The number of piperidine rings is 1. The lowest BCUT2D eigenvalue weighted by molar-refractivity contribution is 0.0945. The van der Waals surface area contributed by atoms with E-state index in [1.165, 1.54) is 18.4 Å². The van der Waals surface area contributed by atoms with E-state index in [2.05, 4.69) is 10.6 Å². The molecule has 18 heavy (non-hydrogen) atoms. The van der Waals surface area contributed by atoms with E-state index in [0.29, 0.717) is 5.92 Å². The largest absolute Gasteiger partial charge is 0.352 e. The molecular weight excluding hydrogens is 248 g/mol. The van der Waals surface area contributed by atoms with Crippen molar-refractivity contribution in [2.45, 2.75) is 19.8 Å². The first-order valence-electron chi connectivity index (χ1n) is 6.31. The fourth-order valence-corrected chi connectivity index (χ4v) is 2.14. The van der Waals surface area contributed by atoms with Gasteiger partial charge in [0.1, 0.15) is 0 Å². The third-order valence-corrected chi connectivity index (χ3v) is 3.26. The van der Waals surface area contributed by atoms with Crippen LogP contribution in [0.3, 0.4) is 0 Å². The van der Waals surface area contributed by atoms with Crippen molar-refractivity contribution in [3.63, 3.8) is 0 Å². The average Bonchev–Trinajstić information content (AvgIpc) is 2.38. The van der Waals surface area contributed by atoms with Crippen LogP contribution in [0.25, 0.3) is 0 Å². The van der Waals surface area contributed by atoms with Crippen molar-refractivity contribution >= 4 is 18.3 Å². The second kappa shape index (κ2) is 7.39. The van der Waals surface area contributed by atoms with Gasteiger partial charge in [0.25, 0.3) is 5.91 Å². The molecule has 1 aliphatic rings. The van der Waals surface area contributed by atoms with E-state index in [1.807, 2.05) is 31.2 Å². The molecule has 0 radical (unpaired) electrons. The highest BCUT2D eigenvalue weighted by atomic mass is 35.5. The Kier molecular flexibility index (Phi) is 6.16. The van der Waals surface area contributed by atoms with Crippen molar-refractivity contribution in [1.82, 2.24) is 10.6 Å². The number of halogens is 1. The summed E-state index contributed by atoms with van der Waals surface area (Å²) in [6.45, 7) is 4.94. The lowest BCUT2D eigenvalue weighted by Crippen LogP contribution is -2.38. The maximum absolute atomic E-state index is 11.9. The SMILES string of the molecule is Cc1ccc(C(=O)NCC2CCCNC2)cc1.Cl. The summed E-state index contributed by atoms with van der Waals surface area (Å²) in [5.74, 6) is 0.619. The summed E-state index contributed by atoms with van der Waals surface area (Å²) in [4.78, 5) is 11.9. The molecule has 4 heteroatoms. The molecule has 100 valence electrons. The summed E-state index contributed by atoms with van der Waals surface area (Å²) in [6, 6.07) is 7.70. The summed E-state index contributed by atoms with van der Waals surface area (Å²) in [5.41, 5.74) is 1.93. The molecule has 1 amide bonds. The van der Waals surface area contributed by atoms with Gasteiger partial charge in [-0.2, -0.15) is 0 Å². The van der Waals surface area contributed by atoms with Crippen molar-refractivity contribution < 1.29 is 4.79 Å². The highest BCUT2D eigenvalue weighted by Gasteiger charge is 2.14. The Labute approximate surface area is 115 Å². The zero-order valence-corrected chi connectivity index (χ0v) is 11.6. The topological polar surface area (TPSA) is 41.1 Å². The Hall–Kier alpha value is -1.06. The van der Waals surface area contributed by atoms with E-state index in [1.54, 1.807) is 0 Å². The second-order valence-corrected chi connectivity index (χ2v) is 4.79. The smallest absolute Gasteiger partial charge is 0.251 e. The van der Waals surface area contributed by atoms with Crippen molar-refractivity contribution in [3.05, 3.63) is 35.4 Å². The molecule has 1 aliphatic heterocycles. The molecule has 1 unspecified atom stereocenters. The van der Waals surface area contributed by atoms with Crippen LogP contribution < -0.4 is 10.6 Å². The van der Waals surface area contributed by atoms with Crippen molar-refractivity contribution in [2.75, 3.05) is 19.6 Å². The maximum atomic E-state index is 11.9. The Balaban J connectivity index is 0.00000162. The quantitative estimate of drug-likeness (QED) is 0.882. The first-order chi connectivity index (χ1) is 8.25. The third-order valence-electron chi connectivity index (χ3n) is 3.26. The number of rotatable bonds is 3. The van der Waals surface area contributed by atoms with Crippen LogP contribution in [0.1, 0.15) is 28.8 Å². The Morgan fingerprint density at radius 2 is 2.11 bits per heavy atom. The normalized spacial score (nSPS) is 18.8. The van der Waals surface area contributed by atoms with Crippen LogP contribution in [0.15, 0.2) is 24.3 Å². The van der Waals surface area contributed by atoms with Gasteiger partial charge in [0.2, 0.25) is 0 Å². The molecule has 2 rings (SSSR count). The number of benzene rings is 1. The molecule has 1 saturated heterocycles. The van der Waals surface area contributed by atoms with Crippen molar-refractivity contribution in [3.8, 4) is 0 Å². The van der Waals surface area contributed by atoms with Crippen LogP contribution in [0.2, 0.25) is 0 Å². The fourth-order valence-electron chi connectivity index (χ4n) is 2.14. The number of hydrogen-bond donors (Lipinski definition) is 2. The molecule has 0 bridgehead atoms. The molecule has 1 aromatic carbocycles. The lowest BCUT2D eigenvalue weighted by atomic mass is 9.99. The molecule has 2 N–H and O–H groups in total. The van der Waals surface area contributed by atoms with Gasteiger partial charge in [0.05, 0.1) is 0 Å². The van der Waals surface area contributed by atoms with Crippen LogP contribution >= 0.6 is 12.4 Å². The van der Waals surface area contributed by atoms with Crippen LogP contribution in [0.4, 0.5) is 0 Å². The molecule has 0 aromatic heterocycles. The number of hydrogen-bond acceptors (Lipinski definition) is 2. The predicted octanol–water partition coefficient (Wildman–Crippen LogP) is 2.15. The molecule has 1 aromatic rings. The number of aryl methyl sites for hydroxylation is 1. The van der Waals surface area contributed by atoms with Gasteiger partial charge in [-0.3, -0.25) is 4.79 Å². The van der Waals surface area contributed by atoms with E-state index in [-0.39, 0.29) is 18.3 Å². The van der Waals surface area contributed by atoms with E-state index < -0.39 is 0 Å². The Bertz CT molecular complexity index is 372.